The van der Waals surface area contributed by atoms with Gasteiger partial charge in [-0.3, -0.25) is 0 Å². The van der Waals surface area contributed by atoms with Crippen LogP contribution in [-0.2, 0) is 0 Å². The second kappa shape index (κ2) is 5.10. The minimum atomic E-state index is -0.215. The molecule has 1 aliphatic rings. The average Bonchev–Trinajstić information content (AvgIpc) is 2.47. The molecule has 3 heteroatoms. The van der Waals surface area contributed by atoms with Crippen molar-refractivity contribution in [3.05, 3.63) is 0 Å². The molecule has 0 aromatic rings. The third-order valence-corrected chi connectivity index (χ3v) is 3.60. The lowest BCUT2D eigenvalue weighted by Gasteiger charge is -2.19. The van der Waals surface area contributed by atoms with Gasteiger partial charge in [0.25, 0.3) is 0 Å². The van der Waals surface area contributed by atoms with Crippen LogP contribution in [0.5, 0.6) is 0 Å². The van der Waals surface area contributed by atoms with E-state index < -0.39 is 0 Å². The van der Waals surface area contributed by atoms with E-state index in [2.05, 4.69) is 11.6 Å². The van der Waals surface area contributed by atoms with Crippen LogP contribution in [0.1, 0.15) is 26.2 Å². The van der Waals surface area contributed by atoms with Crippen LogP contribution in [0, 0.1) is 0 Å². The molecule has 0 aromatic heterocycles. The number of aliphatic hydroxyl groups is 1. The van der Waals surface area contributed by atoms with Gasteiger partial charge in [-0.15, -0.1) is 0 Å². The zero-order chi connectivity index (χ0) is 8.97. The second-order valence-corrected chi connectivity index (χ2v) is 4.65. The molecule has 1 saturated carbocycles. The van der Waals surface area contributed by atoms with Crippen molar-refractivity contribution in [2.24, 2.45) is 0 Å². The molecule has 1 rings (SSSR count). The van der Waals surface area contributed by atoms with E-state index >= 15 is 0 Å². The van der Waals surface area contributed by atoms with Gasteiger partial charge in [-0.25, -0.2) is 0 Å². The van der Waals surface area contributed by atoms with Crippen LogP contribution in [-0.4, -0.2) is 35.3 Å². The summed E-state index contributed by atoms with van der Waals surface area (Å²) in [6.07, 6.45) is 5.90. The van der Waals surface area contributed by atoms with Crippen LogP contribution in [0.4, 0.5) is 0 Å². The lowest BCUT2D eigenvalue weighted by molar-refractivity contribution is 0.186. The molecule has 0 aromatic carbocycles. The van der Waals surface area contributed by atoms with Crippen molar-refractivity contribution in [1.29, 1.82) is 0 Å². The molecule has 2 N–H and O–H groups in total. The molecule has 0 aliphatic heterocycles. The topological polar surface area (TPSA) is 32.3 Å². The van der Waals surface area contributed by atoms with Crippen LogP contribution in [0.2, 0.25) is 0 Å². The van der Waals surface area contributed by atoms with Gasteiger partial charge in [-0.2, -0.15) is 11.8 Å². The first-order valence-corrected chi connectivity index (χ1v) is 5.97. The minimum absolute atomic E-state index is 0.215. The van der Waals surface area contributed by atoms with Crippen molar-refractivity contribution in [2.45, 2.75) is 43.6 Å². The van der Waals surface area contributed by atoms with E-state index in [-0.39, 0.29) is 6.10 Å². The zero-order valence-corrected chi connectivity index (χ0v) is 8.73. The first-order valence-electron chi connectivity index (χ1n) is 4.68. The van der Waals surface area contributed by atoms with Gasteiger partial charge in [0.05, 0.1) is 6.10 Å². The summed E-state index contributed by atoms with van der Waals surface area (Å²) in [5, 5.41) is 13.3. The summed E-state index contributed by atoms with van der Waals surface area (Å²) >= 11 is 1.95. The Bertz CT molecular complexity index is 130. The highest BCUT2D eigenvalue weighted by molar-refractivity contribution is 7.99. The van der Waals surface area contributed by atoms with Gasteiger partial charge in [-0.05, 0) is 26.0 Å². The van der Waals surface area contributed by atoms with Gasteiger partial charge in [0.15, 0.2) is 0 Å². The third kappa shape index (κ3) is 2.96. The standard InChI is InChI=1S/C9H19NOS/c1-7(11)6-10-8-4-3-5-9(8)12-2/h7-11H,3-6H2,1-2H3/t7-,8?,9?/m0/s1. The summed E-state index contributed by atoms with van der Waals surface area (Å²) in [4.78, 5) is 0. The number of thioether (sulfide) groups is 1. The summed E-state index contributed by atoms with van der Waals surface area (Å²) < 4.78 is 0. The van der Waals surface area contributed by atoms with Crippen LogP contribution in [0.15, 0.2) is 0 Å². The van der Waals surface area contributed by atoms with Gasteiger partial charge in [0, 0.05) is 17.8 Å². The molecule has 0 saturated heterocycles. The van der Waals surface area contributed by atoms with Crippen LogP contribution >= 0.6 is 11.8 Å². The number of hydrogen-bond donors (Lipinski definition) is 2. The number of hydrogen-bond acceptors (Lipinski definition) is 3. The Labute approximate surface area is 79.1 Å². The Morgan fingerprint density at radius 1 is 1.58 bits per heavy atom. The van der Waals surface area contributed by atoms with Gasteiger partial charge in [0.1, 0.15) is 0 Å². The lowest BCUT2D eigenvalue weighted by Crippen LogP contribution is -2.38. The Morgan fingerprint density at radius 2 is 2.33 bits per heavy atom. The monoisotopic (exact) mass is 189 g/mol. The van der Waals surface area contributed by atoms with Crippen LogP contribution in [0.3, 0.4) is 0 Å². The van der Waals surface area contributed by atoms with Crippen molar-refractivity contribution < 1.29 is 5.11 Å². The second-order valence-electron chi connectivity index (χ2n) is 3.57. The number of nitrogens with one attached hydrogen (secondary N) is 1. The van der Waals surface area contributed by atoms with Gasteiger partial charge in [0.2, 0.25) is 0 Å². The molecule has 72 valence electrons. The smallest absolute Gasteiger partial charge is 0.0636 e. The summed E-state index contributed by atoms with van der Waals surface area (Å²) in [7, 11) is 0. The van der Waals surface area contributed by atoms with Crippen molar-refractivity contribution in [2.75, 3.05) is 12.8 Å². The van der Waals surface area contributed by atoms with E-state index in [0.29, 0.717) is 6.04 Å². The van der Waals surface area contributed by atoms with Gasteiger partial charge in [-0.1, -0.05) is 6.42 Å². The molecule has 1 fully saturated rings. The van der Waals surface area contributed by atoms with E-state index in [1.54, 1.807) is 0 Å². The highest BCUT2D eigenvalue weighted by Gasteiger charge is 2.25. The largest absolute Gasteiger partial charge is 0.392 e. The highest BCUT2D eigenvalue weighted by Crippen LogP contribution is 2.28. The van der Waals surface area contributed by atoms with Crippen molar-refractivity contribution in [3.8, 4) is 0 Å². The Morgan fingerprint density at radius 3 is 2.92 bits per heavy atom. The number of aliphatic hydroxyl groups excluding tert-OH is 1. The SMILES string of the molecule is CSC1CCCC1NC[C@H](C)O. The molecule has 12 heavy (non-hydrogen) atoms. The fourth-order valence-electron chi connectivity index (χ4n) is 1.76. The van der Waals surface area contributed by atoms with Crippen LogP contribution < -0.4 is 5.32 Å². The molecule has 2 nitrogen and oxygen atoms in total. The highest BCUT2D eigenvalue weighted by atomic mass is 32.2. The average molecular weight is 189 g/mol. The molecule has 2 unspecified atom stereocenters. The lowest BCUT2D eigenvalue weighted by atomic mass is 10.2. The Hall–Kier alpha value is 0.270. The fourth-order valence-corrected chi connectivity index (χ4v) is 2.73. The number of rotatable bonds is 4. The Kier molecular flexibility index (Phi) is 4.40. The van der Waals surface area contributed by atoms with Crippen molar-refractivity contribution in [3.63, 3.8) is 0 Å². The quantitative estimate of drug-likeness (QED) is 0.698. The van der Waals surface area contributed by atoms with Crippen LogP contribution in [0.25, 0.3) is 0 Å². The van der Waals surface area contributed by atoms with E-state index in [9.17, 15) is 0 Å². The maximum Gasteiger partial charge on any atom is 0.0636 e. The van der Waals surface area contributed by atoms with E-state index in [1.807, 2.05) is 18.7 Å². The molecule has 0 radical (unpaired) electrons. The fraction of sp³-hybridized carbons (Fsp3) is 1.00. The molecular weight excluding hydrogens is 170 g/mol. The zero-order valence-electron chi connectivity index (χ0n) is 7.92. The maximum absolute atomic E-state index is 9.10. The Balaban J connectivity index is 2.21. The molecule has 1 aliphatic carbocycles. The predicted octanol–water partition coefficient (Wildman–Crippen LogP) is 1.24. The van der Waals surface area contributed by atoms with Crippen molar-refractivity contribution in [1.82, 2.24) is 5.32 Å². The van der Waals surface area contributed by atoms with E-state index in [4.69, 9.17) is 5.11 Å². The maximum atomic E-state index is 9.10. The first kappa shape index (κ1) is 10.4. The summed E-state index contributed by atoms with van der Waals surface area (Å²) in [5.41, 5.74) is 0. The predicted molar refractivity (Wildman–Crippen MR) is 54.6 cm³/mol. The normalized spacial score (nSPS) is 32.2. The van der Waals surface area contributed by atoms with E-state index in [1.165, 1.54) is 19.3 Å². The molecule has 0 heterocycles. The summed E-state index contributed by atoms with van der Waals surface area (Å²) in [6, 6.07) is 0.634. The van der Waals surface area contributed by atoms with E-state index in [0.717, 1.165) is 11.8 Å². The molecule has 3 atom stereocenters. The molecule has 0 bridgehead atoms. The third-order valence-electron chi connectivity index (χ3n) is 2.43. The summed E-state index contributed by atoms with van der Waals surface area (Å²) in [5.74, 6) is 0. The summed E-state index contributed by atoms with van der Waals surface area (Å²) in [6.45, 7) is 2.57. The molecule has 0 amide bonds. The molecular formula is C9H19NOS. The molecule has 0 spiro atoms. The van der Waals surface area contributed by atoms with Crippen molar-refractivity contribution >= 4 is 11.8 Å². The minimum Gasteiger partial charge on any atom is -0.392 e. The van der Waals surface area contributed by atoms with Gasteiger partial charge >= 0.3 is 0 Å². The first-order chi connectivity index (χ1) is 5.74. The van der Waals surface area contributed by atoms with Gasteiger partial charge < -0.3 is 10.4 Å².